The Labute approximate surface area is 116 Å². The highest BCUT2D eigenvalue weighted by Crippen LogP contribution is 2.26. The lowest BCUT2D eigenvalue weighted by Gasteiger charge is -2.40. The van der Waals surface area contributed by atoms with E-state index < -0.39 is 0 Å². The van der Waals surface area contributed by atoms with Gasteiger partial charge in [0.1, 0.15) is 0 Å². The fourth-order valence-corrected chi connectivity index (χ4v) is 2.85. The van der Waals surface area contributed by atoms with Crippen molar-refractivity contribution in [1.29, 1.82) is 0 Å². The molecule has 19 heavy (non-hydrogen) atoms. The van der Waals surface area contributed by atoms with Crippen LogP contribution >= 0.6 is 0 Å². The Kier molecular flexibility index (Phi) is 5.39. The lowest BCUT2D eigenvalue weighted by Crippen LogP contribution is -2.54. The number of hydrogen-bond acceptors (Lipinski definition) is 2. The van der Waals surface area contributed by atoms with Crippen LogP contribution < -0.4 is 5.32 Å². The first kappa shape index (κ1) is 16.0. The van der Waals surface area contributed by atoms with E-state index in [2.05, 4.69) is 12.2 Å². The molecule has 1 N–H and O–H groups in total. The number of carbonyl (C=O) groups excluding carboxylic acids is 2. The quantitative estimate of drug-likeness (QED) is 0.853. The van der Waals surface area contributed by atoms with Crippen LogP contribution in [-0.4, -0.2) is 35.8 Å². The fraction of sp³-hybridized carbons (Fsp3) is 0.867. The van der Waals surface area contributed by atoms with Gasteiger partial charge in [0.25, 0.3) is 0 Å². The van der Waals surface area contributed by atoms with Crippen molar-refractivity contribution in [2.75, 3.05) is 13.1 Å². The number of nitrogens with one attached hydrogen (secondary N) is 1. The number of likely N-dealkylation sites (tertiary alicyclic amines) is 1. The highest BCUT2D eigenvalue weighted by molar-refractivity contribution is 5.81. The van der Waals surface area contributed by atoms with E-state index in [-0.39, 0.29) is 23.3 Å². The van der Waals surface area contributed by atoms with E-state index in [9.17, 15) is 9.59 Å². The van der Waals surface area contributed by atoms with Crippen molar-refractivity contribution in [2.45, 2.75) is 59.9 Å². The summed E-state index contributed by atoms with van der Waals surface area (Å²) in [6.07, 6.45) is 3.22. The average Bonchev–Trinajstić information content (AvgIpc) is 2.25. The van der Waals surface area contributed by atoms with Crippen LogP contribution in [0.25, 0.3) is 0 Å². The van der Waals surface area contributed by atoms with Crippen molar-refractivity contribution >= 4 is 11.8 Å². The van der Waals surface area contributed by atoms with Gasteiger partial charge in [-0.25, -0.2) is 0 Å². The molecule has 4 nitrogen and oxygen atoms in total. The van der Waals surface area contributed by atoms with Crippen molar-refractivity contribution in [1.82, 2.24) is 10.2 Å². The third-order valence-electron chi connectivity index (χ3n) is 3.57. The number of piperidine rings is 1. The SMILES string of the molecule is CCCC1CC(NC(C)=O)CN(C(=O)C(C)(C)C)C1. The summed E-state index contributed by atoms with van der Waals surface area (Å²) in [6.45, 7) is 11.0. The summed E-state index contributed by atoms with van der Waals surface area (Å²) in [6, 6.07) is 0.106. The van der Waals surface area contributed by atoms with Crippen LogP contribution in [0.5, 0.6) is 0 Å². The van der Waals surface area contributed by atoms with Gasteiger partial charge in [0.05, 0.1) is 0 Å². The van der Waals surface area contributed by atoms with Gasteiger partial charge >= 0.3 is 0 Å². The monoisotopic (exact) mass is 268 g/mol. The van der Waals surface area contributed by atoms with Crippen LogP contribution in [0, 0.1) is 11.3 Å². The lowest BCUT2D eigenvalue weighted by molar-refractivity contribution is -0.142. The molecule has 2 amide bonds. The highest BCUT2D eigenvalue weighted by atomic mass is 16.2. The molecule has 2 unspecified atom stereocenters. The minimum Gasteiger partial charge on any atom is -0.352 e. The van der Waals surface area contributed by atoms with E-state index in [0.29, 0.717) is 12.5 Å². The third kappa shape index (κ3) is 4.84. The summed E-state index contributed by atoms with van der Waals surface area (Å²) >= 11 is 0. The van der Waals surface area contributed by atoms with Crippen LogP contribution in [0.3, 0.4) is 0 Å². The molecule has 0 bridgehead atoms. The van der Waals surface area contributed by atoms with E-state index in [4.69, 9.17) is 0 Å². The zero-order valence-electron chi connectivity index (χ0n) is 13.0. The summed E-state index contributed by atoms with van der Waals surface area (Å²) in [7, 11) is 0. The van der Waals surface area contributed by atoms with E-state index in [1.54, 1.807) is 6.92 Å². The maximum Gasteiger partial charge on any atom is 0.228 e. The summed E-state index contributed by atoms with van der Waals surface area (Å²) in [4.78, 5) is 25.6. The Morgan fingerprint density at radius 1 is 1.26 bits per heavy atom. The Hall–Kier alpha value is -1.06. The highest BCUT2D eigenvalue weighted by Gasteiger charge is 2.34. The molecule has 1 aliphatic heterocycles. The number of carbonyl (C=O) groups is 2. The smallest absolute Gasteiger partial charge is 0.228 e. The second-order valence-electron chi connectivity index (χ2n) is 6.75. The maximum atomic E-state index is 12.4. The van der Waals surface area contributed by atoms with Gasteiger partial charge in [-0.1, -0.05) is 34.1 Å². The van der Waals surface area contributed by atoms with Gasteiger partial charge in [0.15, 0.2) is 0 Å². The van der Waals surface area contributed by atoms with Gasteiger partial charge in [-0.2, -0.15) is 0 Å². The normalized spacial score (nSPS) is 24.2. The second-order valence-corrected chi connectivity index (χ2v) is 6.75. The summed E-state index contributed by atoms with van der Waals surface area (Å²) in [5.74, 6) is 0.677. The van der Waals surface area contributed by atoms with Crippen LogP contribution in [0.4, 0.5) is 0 Å². The number of amides is 2. The Morgan fingerprint density at radius 3 is 2.37 bits per heavy atom. The Balaban J connectivity index is 2.75. The van der Waals surface area contributed by atoms with E-state index >= 15 is 0 Å². The molecule has 0 aromatic heterocycles. The Bertz CT molecular complexity index is 334. The molecule has 0 aromatic rings. The molecule has 1 heterocycles. The first-order valence-corrected chi connectivity index (χ1v) is 7.30. The van der Waals surface area contributed by atoms with Crippen LogP contribution in [0.1, 0.15) is 53.9 Å². The van der Waals surface area contributed by atoms with E-state index in [1.807, 2.05) is 25.7 Å². The molecule has 1 rings (SSSR count). The number of hydrogen-bond donors (Lipinski definition) is 1. The molecule has 1 aliphatic rings. The van der Waals surface area contributed by atoms with Gasteiger partial charge in [-0.3, -0.25) is 9.59 Å². The van der Waals surface area contributed by atoms with E-state index in [0.717, 1.165) is 25.8 Å². The molecule has 0 spiro atoms. The third-order valence-corrected chi connectivity index (χ3v) is 3.57. The van der Waals surface area contributed by atoms with Crippen molar-refractivity contribution in [3.8, 4) is 0 Å². The van der Waals surface area contributed by atoms with Crippen LogP contribution in [0.15, 0.2) is 0 Å². The molecule has 0 saturated carbocycles. The molecule has 1 fully saturated rings. The number of nitrogens with zero attached hydrogens (tertiary/aromatic N) is 1. The molecule has 110 valence electrons. The zero-order chi connectivity index (χ0) is 14.6. The van der Waals surface area contributed by atoms with Crippen molar-refractivity contribution < 1.29 is 9.59 Å². The summed E-state index contributed by atoms with van der Waals surface area (Å²) in [5, 5.41) is 2.97. The van der Waals surface area contributed by atoms with Crippen LogP contribution in [0.2, 0.25) is 0 Å². The van der Waals surface area contributed by atoms with Crippen molar-refractivity contribution in [3.63, 3.8) is 0 Å². The average molecular weight is 268 g/mol. The minimum absolute atomic E-state index is 0.00898. The Morgan fingerprint density at radius 2 is 1.89 bits per heavy atom. The largest absolute Gasteiger partial charge is 0.352 e. The molecule has 1 saturated heterocycles. The van der Waals surface area contributed by atoms with Gasteiger partial charge in [-0.05, 0) is 18.8 Å². The topological polar surface area (TPSA) is 49.4 Å². The van der Waals surface area contributed by atoms with Gasteiger partial charge in [0, 0.05) is 31.5 Å². The molecular weight excluding hydrogens is 240 g/mol. The molecule has 0 aliphatic carbocycles. The molecule has 4 heteroatoms. The predicted octanol–water partition coefficient (Wildman–Crippen LogP) is 2.19. The van der Waals surface area contributed by atoms with Gasteiger partial charge < -0.3 is 10.2 Å². The molecule has 0 aromatic carbocycles. The number of rotatable bonds is 3. The fourth-order valence-electron chi connectivity index (χ4n) is 2.85. The van der Waals surface area contributed by atoms with E-state index in [1.165, 1.54) is 0 Å². The first-order chi connectivity index (χ1) is 8.74. The predicted molar refractivity (Wildman–Crippen MR) is 76.7 cm³/mol. The summed E-state index contributed by atoms with van der Waals surface area (Å²) < 4.78 is 0. The van der Waals surface area contributed by atoms with Gasteiger partial charge in [-0.15, -0.1) is 0 Å². The van der Waals surface area contributed by atoms with Crippen LogP contribution in [-0.2, 0) is 9.59 Å². The molecular formula is C15H28N2O2. The lowest BCUT2D eigenvalue weighted by atomic mass is 9.87. The van der Waals surface area contributed by atoms with Crippen molar-refractivity contribution in [3.05, 3.63) is 0 Å². The molecule has 0 radical (unpaired) electrons. The van der Waals surface area contributed by atoms with Gasteiger partial charge in [0.2, 0.25) is 11.8 Å². The standard InChI is InChI=1S/C15H28N2O2/c1-6-7-12-8-13(16-11(2)18)10-17(9-12)14(19)15(3,4)5/h12-13H,6-10H2,1-5H3,(H,16,18). The maximum absolute atomic E-state index is 12.4. The zero-order valence-corrected chi connectivity index (χ0v) is 13.0. The molecule has 2 atom stereocenters. The van der Waals surface area contributed by atoms with Crippen molar-refractivity contribution in [2.24, 2.45) is 11.3 Å². The summed E-state index contributed by atoms with van der Waals surface area (Å²) in [5.41, 5.74) is -0.352. The second kappa shape index (κ2) is 6.40. The first-order valence-electron chi connectivity index (χ1n) is 7.30. The minimum atomic E-state index is -0.352.